The topological polar surface area (TPSA) is 89.6 Å². The number of benzene rings is 1. The molecule has 27 heavy (non-hydrogen) atoms. The smallest absolute Gasteiger partial charge is 0.325 e. The van der Waals surface area contributed by atoms with E-state index < -0.39 is 28.5 Å². The molecule has 1 amide bonds. The third kappa shape index (κ3) is 4.99. The highest BCUT2D eigenvalue weighted by molar-refractivity contribution is 8.00. The van der Waals surface area contributed by atoms with Crippen LogP contribution in [0.15, 0.2) is 35.4 Å². The Labute approximate surface area is 157 Å². The van der Waals surface area contributed by atoms with E-state index in [4.69, 9.17) is 10.5 Å². The summed E-state index contributed by atoms with van der Waals surface area (Å²) in [6, 6.07) is 10.5. The zero-order valence-electron chi connectivity index (χ0n) is 14.3. The average Bonchev–Trinajstić information content (AvgIpc) is 2.60. The fraction of sp³-hybridized carbons (Fsp3) is 0.222. The molecule has 2 aromatic rings. The van der Waals surface area contributed by atoms with Crippen LogP contribution in [0.1, 0.15) is 29.3 Å². The van der Waals surface area contributed by atoms with Crippen LogP contribution in [-0.2, 0) is 11.0 Å². The van der Waals surface area contributed by atoms with E-state index in [1.165, 1.54) is 26.0 Å². The Morgan fingerprint density at radius 3 is 2.56 bits per heavy atom. The van der Waals surface area contributed by atoms with Crippen molar-refractivity contribution in [2.45, 2.75) is 30.3 Å². The molecule has 0 spiro atoms. The quantitative estimate of drug-likeness (QED) is 0.788. The lowest BCUT2D eigenvalue weighted by molar-refractivity contribution is -0.138. The molecule has 0 radical (unpaired) electrons. The van der Waals surface area contributed by atoms with Crippen molar-refractivity contribution in [2.24, 2.45) is 0 Å². The van der Waals surface area contributed by atoms with E-state index in [-0.39, 0.29) is 10.7 Å². The van der Waals surface area contributed by atoms with Crippen molar-refractivity contribution < 1.29 is 18.0 Å². The van der Waals surface area contributed by atoms with Crippen molar-refractivity contribution in [3.8, 4) is 12.1 Å². The molecular weight excluding hydrogens is 377 g/mol. The second-order valence-corrected chi connectivity index (χ2v) is 6.87. The van der Waals surface area contributed by atoms with E-state index in [9.17, 15) is 18.0 Å². The lowest BCUT2D eigenvalue weighted by Crippen LogP contribution is -2.23. The molecule has 0 saturated heterocycles. The molecule has 1 heterocycles. The molecule has 0 aliphatic rings. The van der Waals surface area contributed by atoms with Gasteiger partial charge in [-0.25, -0.2) is 4.98 Å². The first-order chi connectivity index (χ1) is 12.7. The van der Waals surface area contributed by atoms with Gasteiger partial charge in [0, 0.05) is 11.4 Å². The molecule has 1 unspecified atom stereocenters. The first kappa shape index (κ1) is 20.3. The molecule has 1 atom stereocenters. The van der Waals surface area contributed by atoms with E-state index in [1.54, 1.807) is 18.2 Å². The SMILES string of the molecule is Cc1cc(C(F)(F)F)c(C#N)c(SC(C)C(=O)Nc2cccc(C#N)c2)n1. The van der Waals surface area contributed by atoms with Crippen molar-refractivity contribution in [1.29, 1.82) is 10.5 Å². The maximum absolute atomic E-state index is 13.2. The minimum absolute atomic E-state index is 0.0955. The number of thioether (sulfide) groups is 1. The molecule has 1 aromatic carbocycles. The van der Waals surface area contributed by atoms with Gasteiger partial charge in [0.15, 0.2) is 0 Å². The third-order valence-corrected chi connectivity index (χ3v) is 4.53. The Kier molecular flexibility index (Phi) is 6.09. The molecule has 1 aromatic heterocycles. The zero-order chi connectivity index (χ0) is 20.2. The van der Waals surface area contributed by atoms with E-state index in [0.717, 1.165) is 17.8 Å². The lowest BCUT2D eigenvalue weighted by atomic mass is 10.1. The average molecular weight is 390 g/mol. The van der Waals surface area contributed by atoms with Gasteiger partial charge in [-0.2, -0.15) is 23.7 Å². The summed E-state index contributed by atoms with van der Waals surface area (Å²) in [4.78, 5) is 16.3. The number of hydrogen-bond acceptors (Lipinski definition) is 5. The van der Waals surface area contributed by atoms with Gasteiger partial charge in [0.05, 0.1) is 28.0 Å². The van der Waals surface area contributed by atoms with Gasteiger partial charge in [0.25, 0.3) is 0 Å². The summed E-state index contributed by atoms with van der Waals surface area (Å²) in [5.41, 5.74) is -0.841. The molecule has 0 saturated carbocycles. The summed E-state index contributed by atoms with van der Waals surface area (Å²) >= 11 is 0.766. The van der Waals surface area contributed by atoms with E-state index in [0.29, 0.717) is 11.3 Å². The van der Waals surface area contributed by atoms with Crippen LogP contribution in [-0.4, -0.2) is 16.1 Å². The molecule has 0 bridgehead atoms. The van der Waals surface area contributed by atoms with Crippen LogP contribution in [0.2, 0.25) is 0 Å². The maximum atomic E-state index is 13.2. The van der Waals surface area contributed by atoms with Crippen LogP contribution in [0.4, 0.5) is 18.9 Å². The number of nitrogens with zero attached hydrogens (tertiary/aromatic N) is 3. The van der Waals surface area contributed by atoms with Crippen LogP contribution in [0.5, 0.6) is 0 Å². The minimum atomic E-state index is -4.70. The largest absolute Gasteiger partial charge is 0.417 e. The molecule has 5 nitrogen and oxygen atoms in total. The van der Waals surface area contributed by atoms with Crippen LogP contribution >= 0.6 is 11.8 Å². The van der Waals surface area contributed by atoms with E-state index >= 15 is 0 Å². The number of pyridine rings is 1. The Bertz CT molecular complexity index is 961. The number of nitriles is 2. The van der Waals surface area contributed by atoms with Gasteiger partial charge in [-0.1, -0.05) is 17.8 Å². The summed E-state index contributed by atoms with van der Waals surface area (Å²) in [5, 5.41) is 19.7. The van der Waals surface area contributed by atoms with Gasteiger partial charge < -0.3 is 5.32 Å². The second kappa shape index (κ2) is 8.11. The molecule has 9 heteroatoms. The highest BCUT2D eigenvalue weighted by atomic mass is 32.2. The number of carbonyl (C=O) groups is 1. The predicted molar refractivity (Wildman–Crippen MR) is 93.8 cm³/mol. The van der Waals surface area contributed by atoms with Crippen LogP contribution in [0.25, 0.3) is 0 Å². The number of alkyl halides is 3. The standard InChI is InChI=1S/C18H13F3N4OS/c1-10-6-15(18(19,20)21)14(9-23)17(24-10)27-11(2)16(26)25-13-5-3-4-12(7-13)8-22/h3-7,11H,1-2H3,(H,25,26). The van der Waals surface area contributed by atoms with Crippen molar-refractivity contribution >= 4 is 23.4 Å². The summed E-state index contributed by atoms with van der Waals surface area (Å²) in [6.07, 6.45) is -4.70. The Hall–Kier alpha value is -3.04. The van der Waals surface area contributed by atoms with Gasteiger partial charge >= 0.3 is 6.18 Å². The van der Waals surface area contributed by atoms with Gasteiger partial charge in [-0.15, -0.1) is 0 Å². The minimum Gasteiger partial charge on any atom is -0.325 e. The summed E-state index contributed by atoms with van der Waals surface area (Å²) in [5.74, 6) is -0.490. The normalized spacial score (nSPS) is 12.0. The lowest BCUT2D eigenvalue weighted by Gasteiger charge is -2.15. The van der Waals surface area contributed by atoms with Crippen molar-refractivity contribution in [3.63, 3.8) is 0 Å². The molecule has 0 aliphatic carbocycles. The predicted octanol–water partition coefficient (Wildman–Crippen LogP) is 4.27. The molecule has 2 rings (SSSR count). The fourth-order valence-electron chi connectivity index (χ4n) is 2.19. The molecule has 1 N–H and O–H groups in total. The number of hydrogen-bond donors (Lipinski definition) is 1. The highest BCUT2D eigenvalue weighted by Crippen LogP contribution is 2.37. The number of amides is 1. The van der Waals surface area contributed by atoms with Gasteiger partial charge in [-0.3, -0.25) is 4.79 Å². The zero-order valence-corrected chi connectivity index (χ0v) is 15.1. The van der Waals surface area contributed by atoms with Crippen LogP contribution < -0.4 is 5.32 Å². The summed E-state index contributed by atoms with van der Waals surface area (Å²) < 4.78 is 39.5. The fourth-order valence-corrected chi connectivity index (χ4v) is 3.16. The second-order valence-electron chi connectivity index (χ2n) is 5.54. The third-order valence-electron chi connectivity index (χ3n) is 3.45. The summed E-state index contributed by atoms with van der Waals surface area (Å²) in [6.45, 7) is 2.88. The maximum Gasteiger partial charge on any atom is 0.417 e. The number of aryl methyl sites for hydroxylation is 1. The van der Waals surface area contributed by atoms with E-state index in [2.05, 4.69) is 10.3 Å². The highest BCUT2D eigenvalue weighted by Gasteiger charge is 2.36. The van der Waals surface area contributed by atoms with Crippen molar-refractivity contribution in [1.82, 2.24) is 4.98 Å². The first-order valence-corrected chi connectivity index (χ1v) is 8.50. The monoisotopic (exact) mass is 390 g/mol. The number of nitrogens with one attached hydrogen (secondary N) is 1. The molecular formula is C18H13F3N4OS. The summed E-state index contributed by atoms with van der Waals surface area (Å²) in [7, 11) is 0. The Morgan fingerprint density at radius 1 is 1.26 bits per heavy atom. The molecule has 0 aliphatic heterocycles. The van der Waals surface area contributed by atoms with Crippen LogP contribution in [0, 0.1) is 29.6 Å². The number of halogens is 3. The number of carbonyl (C=O) groups excluding carboxylic acids is 1. The Morgan fingerprint density at radius 2 is 1.96 bits per heavy atom. The number of rotatable bonds is 4. The van der Waals surface area contributed by atoms with Gasteiger partial charge in [-0.05, 0) is 38.1 Å². The van der Waals surface area contributed by atoms with Gasteiger partial charge in [0.1, 0.15) is 11.1 Å². The van der Waals surface area contributed by atoms with Crippen molar-refractivity contribution in [3.05, 3.63) is 52.7 Å². The van der Waals surface area contributed by atoms with E-state index in [1.807, 2.05) is 6.07 Å². The Balaban J connectivity index is 2.26. The van der Waals surface area contributed by atoms with Gasteiger partial charge in [0.2, 0.25) is 5.91 Å². The molecule has 138 valence electrons. The molecule has 0 fully saturated rings. The number of anilines is 1. The first-order valence-electron chi connectivity index (χ1n) is 7.62. The van der Waals surface area contributed by atoms with Crippen molar-refractivity contribution in [2.75, 3.05) is 5.32 Å². The van der Waals surface area contributed by atoms with Crippen LogP contribution in [0.3, 0.4) is 0 Å². The number of aromatic nitrogens is 1.